The van der Waals surface area contributed by atoms with E-state index in [2.05, 4.69) is 4.98 Å². The predicted molar refractivity (Wildman–Crippen MR) is 93.3 cm³/mol. The molecule has 0 spiro atoms. The van der Waals surface area contributed by atoms with Gasteiger partial charge in [0, 0.05) is 18.6 Å². The van der Waals surface area contributed by atoms with Crippen LogP contribution in [0.1, 0.15) is 22.1 Å². The second-order valence-electron chi connectivity index (χ2n) is 5.37. The molecule has 0 N–H and O–H groups in total. The third kappa shape index (κ3) is 3.66. The minimum absolute atomic E-state index is 0.0811. The van der Waals surface area contributed by atoms with Gasteiger partial charge in [-0.3, -0.25) is 4.79 Å². The first-order valence-corrected chi connectivity index (χ1v) is 8.37. The van der Waals surface area contributed by atoms with Gasteiger partial charge in [-0.25, -0.2) is 4.98 Å². The molecule has 2 aromatic carbocycles. The van der Waals surface area contributed by atoms with E-state index in [0.29, 0.717) is 6.54 Å². The number of amides is 1. The molecule has 0 aliphatic heterocycles. The van der Waals surface area contributed by atoms with Crippen molar-refractivity contribution in [3.05, 3.63) is 88.4 Å². The average Bonchev–Trinajstić information content (AvgIpc) is 3.10. The van der Waals surface area contributed by atoms with Gasteiger partial charge in [-0.15, -0.1) is 11.3 Å². The molecule has 0 bridgehead atoms. The van der Waals surface area contributed by atoms with Crippen LogP contribution in [-0.2, 0) is 11.3 Å². The Morgan fingerprint density at radius 2 is 1.61 bits per heavy atom. The molecule has 0 fully saturated rings. The van der Waals surface area contributed by atoms with Gasteiger partial charge in [-0.05, 0) is 11.1 Å². The standard InChI is InChI=1S/C19H18N2OS/c1-21(14-17-20-12-13-23-17)19(22)18(15-8-4-2-5-9-15)16-10-6-3-7-11-16/h2-13,18H,14H2,1H3. The van der Waals surface area contributed by atoms with Crippen molar-refractivity contribution in [2.75, 3.05) is 7.05 Å². The summed E-state index contributed by atoms with van der Waals surface area (Å²) in [7, 11) is 1.84. The number of thiazole rings is 1. The summed E-state index contributed by atoms with van der Waals surface area (Å²) in [4.78, 5) is 19.1. The number of nitrogens with zero attached hydrogens (tertiary/aromatic N) is 2. The largest absolute Gasteiger partial charge is 0.338 e. The van der Waals surface area contributed by atoms with E-state index in [9.17, 15) is 4.79 Å². The number of rotatable bonds is 5. The van der Waals surface area contributed by atoms with Gasteiger partial charge in [0.05, 0.1) is 12.5 Å². The van der Waals surface area contributed by atoms with Crippen LogP contribution in [0, 0.1) is 0 Å². The van der Waals surface area contributed by atoms with Gasteiger partial charge >= 0.3 is 0 Å². The quantitative estimate of drug-likeness (QED) is 0.713. The maximum atomic E-state index is 13.1. The number of aromatic nitrogens is 1. The van der Waals surface area contributed by atoms with Crippen molar-refractivity contribution in [1.29, 1.82) is 0 Å². The number of carbonyl (C=O) groups is 1. The number of benzene rings is 2. The Bertz CT molecular complexity index is 702. The van der Waals surface area contributed by atoms with Crippen LogP contribution in [0.5, 0.6) is 0 Å². The van der Waals surface area contributed by atoms with Crippen LogP contribution < -0.4 is 0 Å². The van der Waals surface area contributed by atoms with Crippen LogP contribution in [0.4, 0.5) is 0 Å². The first kappa shape index (κ1) is 15.4. The van der Waals surface area contributed by atoms with Gasteiger partial charge < -0.3 is 4.90 Å². The zero-order valence-electron chi connectivity index (χ0n) is 12.9. The fourth-order valence-corrected chi connectivity index (χ4v) is 3.27. The van der Waals surface area contributed by atoms with Crippen molar-refractivity contribution >= 4 is 17.2 Å². The van der Waals surface area contributed by atoms with Gasteiger partial charge in [-0.1, -0.05) is 60.7 Å². The Morgan fingerprint density at radius 3 is 2.09 bits per heavy atom. The molecule has 0 atom stereocenters. The number of likely N-dealkylation sites (N-methyl/N-ethyl adjacent to an activating group) is 1. The Morgan fingerprint density at radius 1 is 1.04 bits per heavy atom. The molecule has 116 valence electrons. The molecule has 0 unspecified atom stereocenters. The molecular formula is C19H18N2OS. The van der Waals surface area contributed by atoms with E-state index in [0.717, 1.165) is 16.1 Å². The summed E-state index contributed by atoms with van der Waals surface area (Å²) < 4.78 is 0. The molecule has 0 radical (unpaired) electrons. The second-order valence-corrected chi connectivity index (χ2v) is 6.35. The minimum atomic E-state index is -0.289. The summed E-state index contributed by atoms with van der Waals surface area (Å²) in [6.07, 6.45) is 1.77. The van der Waals surface area contributed by atoms with Crippen molar-refractivity contribution in [1.82, 2.24) is 9.88 Å². The van der Waals surface area contributed by atoms with Crippen LogP contribution in [0.15, 0.2) is 72.2 Å². The third-order valence-electron chi connectivity index (χ3n) is 3.74. The van der Waals surface area contributed by atoms with E-state index < -0.39 is 0 Å². The van der Waals surface area contributed by atoms with Crippen LogP contribution in [0.25, 0.3) is 0 Å². The normalized spacial score (nSPS) is 10.7. The fraction of sp³-hybridized carbons (Fsp3) is 0.158. The SMILES string of the molecule is CN(Cc1nccs1)C(=O)C(c1ccccc1)c1ccccc1. The van der Waals surface area contributed by atoms with Crippen LogP contribution in [0.2, 0.25) is 0 Å². The molecule has 4 heteroatoms. The molecule has 3 aromatic rings. The van der Waals surface area contributed by atoms with Crippen LogP contribution in [0.3, 0.4) is 0 Å². The van der Waals surface area contributed by atoms with E-state index in [1.165, 1.54) is 0 Å². The number of hydrogen-bond acceptors (Lipinski definition) is 3. The predicted octanol–water partition coefficient (Wildman–Crippen LogP) is 3.93. The maximum absolute atomic E-state index is 13.1. The van der Waals surface area contributed by atoms with E-state index in [4.69, 9.17) is 0 Å². The second kappa shape index (κ2) is 7.20. The average molecular weight is 322 g/mol. The molecule has 1 amide bonds. The molecule has 3 nitrogen and oxygen atoms in total. The topological polar surface area (TPSA) is 33.2 Å². The zero-order valence-corrected chi connectivity index (χ0v) is 13.7. The molecule has 0 saturated heterocycles. The zero-order chi connectivity index (χ0) is 16.1. The first-order chi connectivity index (χ1) is 11.3. The lowest BCUT2D eigenvalue weighted by Gasteiger charge is -2.24. The lowest BCUT2D eigenvalue weighted by atomic mass is 9.90. The van der Waals surface area contributed by atoms with Crippen molar-refractivity contribution in [3.63, 3.8) is 0 Å². The Labute approximate surface area is 140 Å². The highest BCUT2D eigenvalue weighted by Crippen LogP contribution is 2.27. The molecule has 0 aliphatic rings. The van der Waals surface area contributed by atoms with Gasteiger partial charge in [0.15, 0.2) is 0 Å². The highest BCUT2D eigenvalue weighted by molar-refractivity contribution is 7.09. The smallest absolute Gasteiger partial charge is 0.234 e. The van der Waals surface area contributed by atoms with Crippen molar-refractivity contribution < 1.29 is 4.79 Å². The highest BCUT2D eigenvalue weighted by Gasteiger charge is 2.25. The van der Waals surface area contributed by atoms with Crippen molar-refractivity contribution in [3.8, 4) is 0 Å². The summed E-state index contributed by atoms with van der Waals surface area (Å²) in [5.74, 6) is -0.208. The molecule has 1 heterocycles. The third-order valence-corrected chi connectivity index (χ3v) is 4.51. The van der Waals surface area contributed by atoms with Gasteiger partial charge in [-0.2, -0.15) is 0 Å². The van der Waals surface area contributed by atoms with E-state index in [1.807, 2.05) is 73.1 Å². The minimum Gasteiger partial charge on any atom is -0.338 e. The summed E-state index contributed by atoms with van der Waals surface area (Å²) >= 11 is 1.57. The van der Waals surface area contributed by atoms with E-state index >= 15 is 0 Å². The monoisotopic (exact) mass is 322 g/mol. The lowest BCUT2D eigenvalue weighted by molar-refractivity contribution is -0.131. The molecular weight excluding hydrogens is 304 g/mol. The molecule has 0 saturated carbocycles. The Hall–Kier alpha value is -2.46. The molecule has 23 heavy (non-hydrogen) atoms. The summed E-state index contributed by atoms with van der Waals surface area (Å²) in [6.45, 7) is 0.534. The highest BCUT2D eigenvalue weighted by atomic mass is 32.1. The maximum Gasteiger partial charge on any atom is 0.234 e. The number of hydrogen-bond donors (Lipinski definition) is 0. The van der Waals surface area contributed by atoms with Gasteiger partial charge in [0.25, 0.3) is 0 Å². The number of carbonyl (C=O) groups excluding carboxylic acids is 1. The van der Waals surface area contributed by atoms with Gasteiger partial charge in [0.1, 0.15) is 5.01 Å². The first-order valence-electron chi connectivity index (χ1n) is 7.49. The molecule has 1 aromatic heterocycles. The van der Waals surface area contributed by atoms with E-state index in [-0.39, 0.29) is 11.8 Å². The molecule has 3 rings (SSSR count). The van der Waals surface area contributed by atoms with Gasteiger partial charge in [0.2, 0.25) is 5.91 Å². The van der Waals surface area contributed by atoms with Crippen LogP contribution in [-0.4, -0.2) is 22.8 Å². The summed E-state index contributed by atoms with van der Waals surface area (Å²) in [5.41, 5.74) is 2.02. The van der Waals surface area contributed by atoms with E-state index in [1.54, 1.807) is 22.4 Å². The van der Waals surface area contributed by atoms with Crippen molar-refractivity contribution in [2.24, 2.45) is 0 Å². The lowest BCUT2D eigenvalue weighted by Crippen LogP contribution is -2.32. The fourth-order valence-electron chi connectivity index (χ4n) is 2.60. The Kier molecular flexibility index (Phi) is 4.83. The molecule has 0 aliphatic carbocycles. The van der Waals surface area contributed by atoms with Crippen molar-refractivity contribution in [2.45, 2.75) is 12.5 Å². The summed E-state index contributed by atoms with van der Waals surface area (Å²) in [6, 6.07) is 19.8. The summed E-state index contributed by atoms with van der Waals surface area (Å²) in [5, 5.41) is 2.88. The van der Waals surface area contributed by atoms with Crippen LogP contribution >= 0.6 is 11.3 Å². The Balaban J connectivity index is 1.90.